The highest BCUT2D eigenvalue weighted by Gasteiger charge is 2.24. The Morgan fingerprint density at radius 2 is 1.40 bits per heavy atom. The highest BCUT2D eigenvalue weighted by Crippen LogP contribution is 2.35. The lowest BCUT2D eigenvalue weighted by Gasteiger charge is -2.24. The molecule has 6 aromatic carbocycles. The summed E-state index contributed by atoms with van der Waals surface area (Å²) in [5.41, 5.74) is 9.15. The van der Waals surface area contributed by atoms with Crippen molar-refractivity contribution < 1.29 is 4.42 Å². The first-order chi connectivity index (χ1) is 23.7. The molecule has 48 heavy (non-hydrogen) atoms. The van der Waals surface area contributed by atoms with Gasteiger partial charge in [-0.05, 0) is 69.8 Å². The molecule has 0 amide bonds. The second kappa shape index (κ2) is 12.5. The maximum absolute atomic E-state index is 6.50. The standard InChI is InChI=1S/C44H33N3O/c1-3-5-12-29(4-2)42-45-43(36-24-23-31-15-9-10-16-34(31)27-36)47-44(46-42)38-17-11-18-39-41(38)37-26-25-35(28-40(37)48-39)33-21-19-32(20-22-33)30-13-7-6-8-14-30/h3-28,42H,2H2,1H3,(H,45,46,47)/b5-3-,29-12+. The molecule has 4 nitrogen and oxygen atoms in total. The Bertz CT molecular complexity index is 2440. The van der Waals surface area contributed by atoms with Crippen LogP contribution in [0.2, 0.25) is 0 Å². The van der Waals surface area contributed by atoms with Crippen LogP contribution in [0.4, 0.5) is 0 Å². The van der Waals surface area contributed by atoms with Crippen LogP contribution in [0.5, 0.6) is 0 Å². The third kappa shape index (κ3) is 5.44. The largest absolute Gasteiger partial charge is 0.456 e. The van der Waals surface area contributed by atoms with E-state index in [4.69, 9.17) is 14.4 Å². The van der Waals surface area contributed by atoms with Gasteiger partial charge >= 0.3 is 0 Å². The minimum Gasteiger partial charge on any atom is -0.456 e. The Balaban J connectivity index is 1.22. The second-order valence-corrected chi connectivity index (χ2v) is 11.9. The van der Waals surface area contributed by atoms with Crippen molar-refractivity contribution in [2.75, 3.05) is 0 Å². The van der Waals surface area contributed by atoms with E-state index in [0.29, 0.717) is 5.84 Å². The smallest absolute Gasteiger partial charge is 0.159 e. The van der Waals surface area contributed by atoms with Crippen LogP contribution >= 0.6 is 0 Å². The van der Waals surface area contributed by atoms with Gasteiger partial charge in [-0.25, -0.2) is 9.98 Å². The zero-order valence-electron chi connectivity index (χ0n) is 26.6. The van der Waals surface area contributed by atoms with Crippen LogP contribution in [-0.4, -0.2) is 17.8 Å². The number of rotatable bonds is 7. The summed E-state index contributed by atoms with van der Waals surface area (Å²) in [6.45, 7) is 6.09. The fourth-order valence-electron chi connectivity index (χ4n) is 6.38. The summed E-state index contributed by atoms with van der Waals surface area (Å²) in [4.78, 5) is 10.2. The van der Waals surface area contributed by atoms with Gasteiger partial charge in [0.2, 0.25) is 0 Å². The number of furan rings is 1. The Morgan fingerprint density at radius 1 is 0.688 bits per heavy atom. The fourth-order valence-corrected chi connectivity index (χ4v) is 6.38. The minimum absolute atomic E-state index is 0.369. The first kappa shape index (κ1) is 29.2. The van der Waals surface area contributed by atoms with Crippen LogP contribution < -0.4 is 5.32 Å². The highest BCUT2D eigenvalue weighted by atomic mass is 16.3. The predicted molar refractivity (Wildman–Crippen MR) is 202 cm³/mol. The molecule has 0 spiro atoms. The van der Waals surface area contributed by atoms with Crippen molar-refractivity contribution in [3.8, 4) is 22.3 Å². The number of amidine groups is 2. The lowest BCUT2D eigenvalue weighted by molar-refractivity contribution is 0.669. The molecule has 1 aliphatic heterocycles. The Morgan fingerprint density at radius 3 is 2.19 bits per heavy atom. The minimum atomic E-state index is -0.369. The molecule has 0 saturated carbocycles. The first-order valence-electron chi connectivity index (χ1n) is 16.2. The van der Waals surface area contributed by atoms with Gasteiger partial charge in [-0.2, -0.15) is 0 Å². The molecule has 230 valence electrons. The molecule has 1 aliphatic rings. The van der Waals surface area contributed by atoms with Gasteiger partial charge in [0, 0.05) is 21.9 Å². The lowest BCUT2D eigenvalue weighted by Crippen LogP contribution is -2.39. The van der Waals surface area contributed by atoms with E-state index >= 15 is 0 Å². The van der Waals surface area contributed by atoms with Gasteiger partial charge in [0.05, 0.1) is 0 Å². The molecule has 0 aliphatic carbocycles. The topological polar surface area (TPSA) is 49.9 Å². The van der Waals surface area contributed by atoms with Gasteiger partial charge in [0.1, 0.15) is 23.2 Å². The second-order valence-electron chi connectivity index (χ2n) is 11.9. The van der Waals surface area contributed by atoms with E-state index in [1.807, 2.05) is 49.4 Å². The van der Waals surface area contributed by atoms with Crippen molar-refractivity contribution in [2.24, 2.45) is 9.98 Å². The summed E-state index contributed by atoms with van der Waals surface area (Å²) >= 11 is 0. The average Bonchev–Trinajstić information content (AvgIpc) is 3.53. The molecule has 0 radical (unpaired) electrons. The van der Waals surface area contributed by atoms with Crippen molar-refractivity contribution >= 4 is 44.4 Å². The number of hydrogen-bond donors (Lipinski definition) is 1. The average molecular weight is 620 g/mol. The van der Waals surface area contributed by atoms with Gasteiger partial charge in [-0.15, -0.1) is 0 Å². The summed E-state index contributed by atoms with van der Waals surface area (Å²) in [6, 6.07) is 46.5. The van der Waals surface area contributed by atoms with Gasteiger partial charge in [-0.1, -0.05) is 140 Å². The molecule has 1 atom stereocenters. The monoisotopic (exact) mass is 619 g/mol. The van der Waals surface area contributed by atoms with Gasteiger partial charge in [-0.3, -0.25) is 0 Å². The van der Waals surface area contributed by atoms with E-state index in [0.717, 1.165) is 61.0 Å². The highest BCUT2D eigenvalue weighted by molar-refractivity contribution is 6.22. The molecular weight excluding hydrogens is 587 g/mol. The summed E-state index contributed by atoms with van der Waals surface area (Å²) in [6.07, 6.45) is 7.53. The summed E-state index contributed by atoms with van der Waals surface area (Å²) in [5.74, 6) is 1.40. The molecule has 1 aromatic heterocycles. The Labute approximate surface area is 279 Å². The van der Waals surface area contributed by atoms with Crippen LogP contribution in [-0.2, 0) is 0 Å². The Hall–Kier alpha value is -6.26. The quantitative estimate of drug-likeness (QED) is 0.181. The summed E-state index contributed by atoms with van der Waals surface area (Å²) in [7, 11) is 0. The van der Waals surface area contributed by atoms with E-state index in [1.165, 1.54) is 16.5 Å². The van der Waals surface area contributed by atoms with Gasteiger partial charge < -0.3 is 9.73 Å². The SMILES string of the molecule is C=C/C(=C\C=C/C)C1N=C(c2ccc3ccccc3c2)N=C(c2cccc3oc4cc(-c5ccc(-c6ccccc6)cc5)ccc4c23)N1. The van der Waals surface area contributed by atoms with Gasteiger partial charge in [0.15, 0.2) is 5.84 Å². The number of nitrogens with one attached hydrogen (secondary N) is 1. The van der Waals surface area contributed by atoms with Crippen LogP contribution in [0.15, 0.2) is 184 Å². The molecule has 1 unspecified atom stereocenters. The normalized spacial score (nSPS) is 15.1. The number of nitrogens with zero attached hydrogens (tertiary/aromatic N) is 2. The Kier molecular flexibility index (Phi) is 7.60. The van der Waals surface area contributed by atoms with E-state index < -0.39 is 0 Å². The summed E-state index contributed by atoms with van der Waals surface area (Å²) < 4.78 is 6.50. The summed E-state index contributed by atoms with van der Waals surface area (Å²) in [5, 5.41) is 7.99. The van der Waals surface area contributed by atoms with Crippen molar-refractivity contribution in [2.45, 2.75) is 13.1 Å². The molecular formula is C44H33N3O. The van der Waals surface area contributed by atoms with E-state index in [1.54, 1.807) is 0 Å². The maximum atomic E-state index is 6.50. The molecule has 1 N–H and O–H groups in total. The number of benzene rings is 6. The van der Waals surface area contributed by atoms with Crippen LogP contribution in [0.3, 0.4) is 0 Å². The van der Waals surface area contributed by atoms with E-state index in [9.17, 15) is 0 Å². The number of allylic oxidation sites excluding steroid dienone is 3. The number of fused-ring (bicyclic) bond motifs is 4. The van der Waals surface area contributed by atoms with E-state index in [2.05, 4.69) is 127 Å². The van der Waals surface area contributed by atoms with Crippen molar-refractivity contribution in [1.29, 1.82) is 0 Å². The molecule has 7 aromatic rings. The third-order valence-corrected chi connectivity index (χ3v) is 8.86. The van der Waals surface area contributed by atoms with Crippen molar-refractivity contribution in [3.63, 3.8) is 0 Å². The zero-order chi connectivity index (χ0) is 32.5. The van der Waals surface area contributed by atoms with Crippen molar-refractivity contribution in [1.82, 2.24) is 5.32 Å². The fraction of sp³-hybridized carbons (Fsp3) is 0.0455. The predicted octanol–water partition coefficient (Wildman–Crippen LogP) is 10.9. The number of aliphatic imine (C=N–C) groups is 2. The maximum Gasteiger partial charge on any atom is 0.159 e. The molecule has 0 bridgehead atoms. The molecule has 0 fully saturated rings. The van der Waals surface area contributed by atoms with Gasteiger partial charge in [0.25, 0.3) is 0 Å². The molecule has 0 saturated heterocycles. The van der Waals surface area contributed by atoms with Crippen LogP contribution in [0.1, 0.15) is 18.1 Å². The lowest BCUT2D eigenvalue weighted by atomic mass is 9.98. The molecule has 2 heterocycles. The van der Waals surface area contributed by atoms with Crippen LogP contribution in [0.25, 0.3) is 55.0 Å². The molecule has 8 rings (SSSR count). The van der Waals surface area contributed by atoms with Crippen LogP contribution in [0, 0.1) is 0 Å². The van der Waals surface area contributed by atoms with E-state index in [-0.39, 0.29) is 6.17 Å². The zero-order valence-corrected chi connectivity index (χ0v) is 26.6. The number of hydrogen-bond acceptors (Lipinski definition) is 4. The first-order valence-corrected chi connectivity index (χ1v) is 16.2. The van der Waals surface area contributed by atoms with Crippen molar-refractivity contribution in [3.05, 3.63) is 181 Å². The molecule has 4 heteroatoms. The third-order valence-electron chi connectivity index (χ3n) is 8.86.